The van der Waals surface area contributed by atoms with Crippen molar-refractivity contribution in [3.8, 4) is 23.7 Å². The Labute approximate surface area is 160 Å². The van der Waals surface area contributed by atoms with Crippen molar-refractivity contribution in [3.05, 3.63) is 105 Å². The number of hydrogen-bond acceptors (Lipinski definition) is 0. The van der Waals surface area contributed by atoms with E-state index in [1.807, 2.05) is 0 Å². The quantitative estimate of drug-likeness (QED) is 0.350. The lowest BCUT2D eigenvalue weighted by Gasteiger charge is -1.99. The van der Waals surface area contributed by atoms with Crippen molar-refractivity contribution < 1.29 is 17.6 Å². The van der Waals surface area contributed by atoms with Crippen molar-refractivity contribution >= 4 is 0 Å². The van der Waals surface area contributed by atoms with E-state index in [9.17, 15) is 17.6 Å². The third-order valence-corrected chi connectivity index (χ3v) is 4.15. The highest BCUT2D eigenvalue weighted by molar-refractivity contribution is 5.48. The van der Waals surface area contributed by atoms with Crippen LogP contribution >= 0.6 is 0 Å². The van der Waals surface area contributed by atoms with Gasteiger partial charge in [-0.1, -0.05) is 23.7 Å². The summed E-state index contributed by atoms with van der Waals surface area (Å²) in [4.78, 5) is 0. The van der Waals surface area contributed by atoms with E-state index in [1.165, 1.54) is 38.1 Å². The van der Waals surface area contributed by atoms with Crippen LogP contribution in [0.3, 0.4) is 0 Å². The Balaban J connectivity index is 1.79. The molecule has 3 aromatic carbocycles. The minimum absolute atomic E-state index is 0.0400. The second-order valence-electron chi connectivity index (χ2n) is 6.21. The summed E-state index contributed by atoms with van der Waals surface area (Å²) in [7, 11) is 0. The van der Waals surface area contributed by atoms with Crippen LogP contribution in [0.4, 0.5) is 17.6 Å². The van der Waals surface area contributed by atoms with Gasteiger partial charge in [0.15, 0.2) is 0 Å². The van der Waals surface area contributed by atoms with Crippen molar-refractivity contribution in [3.63, 3.8) is 0 Å². The molecule has 0 saturated heterocycles. The number of benzene rings is 3. The number of hydrogen-bond donors (Lipinski definition) is 0. The lowest BCUT2D eigenvalue weighted by atomic mass is 10.1. The molecule has 3 aromatic rings. The summed E-state index contributed by atoms with van der Waals surface area (Å²) in [5.41, 5.74) is 1.68. The summed E-state index contributed by atoms with van der Waals surface area (Å²) in [6, 6.07) is 11.6. The molecule has 138 valence electrons. The third-order valence-electron chi connectivity index (χ3n) is 4.15. The second-order valence-corrected chi connectivity index (χ2v) is 6.21. The van der Waals surface area contributed by atoms with Crippen molar-refractivity contribution in [2.45, 2.75) is 13.8 Å². The van der Waals surface area contributed by atoms with Crippen LogP contribution in [0.5, 0.6) is 0 Å². The Kier molecular flexibility index (Phi) is 5.52. The van der Waals surface area contributed by atoms with E-state index in [-0.39, 0.29) is 22.3 Å². The molecule has 4 heteroatoms. The molecule has 0 aliphatic carbocycles. The van der Waals surface area contributed by atoms with Crippen LogP contribution in [0.2, 0.25) is 0 Å². The normalized spacial score (nSPS) is 9.93. The molecule has 0 aromatic heterocycles. The summed E-state index contributed by atoms with van der Waals surface area (Å²) < 4.78 is 54.2. The van der Waals surface area contributed by atoms with E-state index in [0.717, 1.165) is 0 Å². The summed E-state index contributed by atoms with van der Waals surface area (Å²) in [5.74, 6) is 8.52. The monoisotopic (exact) mass is 378 g/mol. The van der Waals surface area contributed by atoms with Gasteiger partial charge in [0.1, 0.15) is 23.3 Å². The molecule has 0 N–H and O–H groups in total. The molecule has 0 heterocycles. The Hall–Kier alpha value is -3.50. The van der Waals surface area contributed by atoms with Crippen LogP contribution in [0.1, 0.15) is 33.4 Å². The maximum absolute atomic E-state index is 13.5. The minimum Gasteiger partial charge on any atom is -0.207 e. The van der Waals surface area contributed by atoms with Crippen LogP contribution in [0.25, 0.3) is 0 Å². The van der Waals surface area contributed by atoms with E-state index in [2.05, 4.69) is 23.7 Å². The van der Waals surface area contributed by atoms with Gasteiger partial charge in [0.2, 0.25) is 0 Å². The zero-order valence-corrected chi connectivity index (χ0v) is 15.1. The SMILES string of the molecule is Cc1c(F)cc(C#Cc2ccc(C#Cc3cc(F)c(C)c(F)c3)cc2)cc1F. The molecule has 0 saturated carbocycles. The molecular formula is C24H14F4. The van der Waals surface area contributed by atoms with Gasteiger partial charge >= 0.3 is 0 Å². The first-order valence-electron chi connectivity index (χ1n) is 8.39. The van der Waals surface area contributed by atoms with E-state index < -0.39 is 23.3 Å². The maximum atomic E-state index is 13.5. The second kappa shape index (κ2) is 8.03. The molecule has 0 fully saturated rings. The predicted octanol–water partition coefficient (Wildman–Crippen LogP) is 5.66. The fraction of sp³-hybridized carbons (Fsp3) is 0.0833. The summed E-state index contributed by atoms with van der Waals surface area (Å²) >= 11 is 0. The average molecular weight is 378 g/mol. The molecule has 0 aliphatic rings. The summed E-state index contributed by atoms with van der Waals surface area (Å²) in [5, 5.41) is 0. The first kappa shape index (κ1) is 19.3. The third kappa shape index (κ3) is 4.42. The van der Waals surface area contributed by atoms with Crippen molar-refractivity contribution in [1.29, 1.82) is 0 Å². The first-order chi connectivity index (χ1) is 13.3. The topological polar surface area (TPSA) is 0 Å². The van der Waals surface area contributed by atoms with E-state index in [0.29, 0.717) is 11.1 Å². The zero-order chi connectivity index (χ0) is 20.3. The van der Waals surface area contributed by atoms with Gasteiger partial charge in [0.05, 0.1) is 0 Å². The summed E-state index contributed by atoms with van der Waals surface area (Å²) in [6.07, 6.45) is 0. The molecule has 0 bridgehead atoms. The molecule has 0 radical (unpaired) electrons. The lowest BCUT2D eigenvalue weighted by Crippen LogP contribution is -1.90. The van der Waals surface area contributed by atoms with Gasteiger partial charge in [-0.05, 0) is 62.4 Å². The van der Waals surface area contributed by atoms with Gasteiger partial charge in [-0.3, -0.25) is 0 Å². The largest absolute Gasteiger partial charge is 0.207 e. The summed E-state index contributed by atoms with van der Waals surface area (Å²) in [6.45, 7) is 2.72. The maximum Gasteiger partial charge on any atom is 0.130 e. The molecule has 0 nitrogen and oxygen atoms in total. The Morgan fingerprint density at radius 2 is 0.714 bits per heavy atom. The molecule has 0 atom stereocenters. The molecule has 0 spiro atoms. The number of rotatable bonds is 0. The fourth-order valence-corrected chi connectivity index (χ4v) is 2.36. The van der Waals surface area contributed by atoms with Crippen LogP contribution in [0, 0.1) is 60.8 Å². The molecule has 28 heavy (non-hydrogen) atoms. The van der Waals surface area contributed by atoms with Gasteiger partial charge in [0, 0.05) is 33.4 Å². The molecular weight excluding hydrogens is 364 g/mol. The lowest BCUT2D eigenvalue weighted by molar-refractivity contribution is 0.567. The number of halogens is 4. The van der Waals surface area contributed by atoms with E-state index in [1.54, 1.807) is 24.3 Å². The average Bonchev–Trinajstić information content (AvgIpc) is 2.67. The highest BCUT2D eigenvalue weighted by Crippen LogP contribution is 2.15. The van der Waals surface area contributed by atoms with Gasteiger partial charge in [0.25, 0.3) is 0 Å². The van der Waals surface area contributed by atoms with Crippen LogP contribution in [-0.2, 0) is 0 Å². The van der Waals surface area contributed by atoms with E-state index in [4.69, 9.17) is 0 Å². The Morgan fingerprint density at radius 1 is 0.464 bits per heavy atom. The smallest absolute Gasteiger partial charge is 0.130 e. The standard InChI is InChI=1S/C24H14F4/c1-15-21(25)11-19(12-22(15)26)9-7-17-3-5-18(6-4-17)8-10-20-13-23(27)16(2)24(28)14-20/h3-6,11-14H,1-2H3. The Morgan fingerprint density at radius 3 is 1.00 bits per heavy atom. The van der Waals surface area contributed by atoms with Gasteiger partial charge in [-0.2, -0.15) is 0 Å². The van der Waals surface area contributed by atoms with Crippen molar-refractivity contribution in [2.75, 3.05) is 0 Å². The minimum atomic E-state index is -0.640. The highest BCUT2D eigenvalue weighted by atomic mass is 19.1. The van der Waals surface area contributed by atoms with Crippen LogP contribution < -0.4 is 0 Å². The van der Waals surface area contributed by atoms with Crippen LogP contribution in [0.15, 0.2) is 48.5 Å². The molecule has 0 amide bonds. The Bertz CT molecular complexity index is 1030. The zero-order valence-electron chi connectivity index (χ0n) is 15.1. The van der Waals surface area contributed by atoms with Gasteiger partial charge in [-0.15, -0.1) is 0 Å². The molecule has 0 unspecified atom stereocenters. The predicted molar refractivity (Wildman–Crippen MR) is 101 cm³/mol. The van der Waals surface area contributed by atoms with Crippen molar-refractivity contribution in [1.82, 2.24) is 0 Å². The fourth-order valence-electron chi connectivity index (χ4n) is 2.36. The van der Waals surface area contributed by atoms with E-state index >= 15 is 0 Å². The van der Waals surface area contributed by atoms with Gasteiger partial charge in [-0.25, -0.2) is 17.6 Å². The van der Waals surface area contributed by atoms with Gasteiger partial charge < -0.3 is 0 Å². The molecule has 3 rings (SSSR count). The first-order valence-corrected chi connectivity index (χ1v) is 8.39. The van der Waals surface area contributed by atoms with Crippen LogP contribution in [-0.4, -0.2) is 0 Å². The molecule has 0 aliphatic heterocycles. The van der Waals surface area contributed by atoms with Crippen molar-refractivity contribution in [2.24, 2.45) is 0 Å². The highest BCUT2D eigenvalue weighted by Gasteiger charge is 2.06.